The summed E-state index contributed by atoms with van der Waals surface area (Å²) in [5.74, 6) is 0.214. The smallest absolute Gasteiger partial charge is 0.272 e. The number of ether oxygens (including phenoxy) is 2. The predicted molar refractivity (Wildman–Crippen MR) is 91.9 cm³/mol. The number of nitrogens with zero attached hydrogens (tertiary/aromatic N) is 2. The number of aromatic nitrogens is 1. The van der Waals surface area contributed by atoms with E-state index in [9.17, 15) is 9.59 Å². The number of morpholine rings is 1. The van der Waals surface area contributed by atoms with Gasteiger partial charge in [-0.1, -0.05) is 0 Å². The summed E-state index contributed by atoms with van der Waals surface area (Å²) in [5.41, 5.74) is 1.27. The van der Waals surface area contributed by atoms with E-state index in [0.29, 0.717) is 43.3 Å². The summed E-state index contributed by atoms with van der Waals surface area (Å²) >= 11 is 0. The van der Waals surface area contributed by atoms with Crippen LogP contribution in [0.25, 0.3) is 0 Å². The number of carbonyl (C=O) groups excluding carboxylic acids is 2. The lowest BCUT2D eigenvalue weighted by atomic mass is 10.2. The van der Waals surface area contributed by atoms with E-state index in [4.69, 9.17) is 9.47 Å². The van der Waals surface area contributed by atoms with Gasteiger partial charge < -0.3 is 19.7 Å². The van der Waals surface area contributed by atoms with Crippen molar-refractivity contribution in [2.45, 2.75) is 0 Å². The summed E-state index contributed by atoms with van der Waals surface area (Å²) in [5, 5.41) is 2.79. The molecule has 1 aliphatic heterocycles. The minimum absolute atomic E-state index is 0.192. The highest BCUT2D eigenvalue weighted by Crippen LogP contribution is 2.16. The molecule has 1 fully saturated rings. The molecule has 0 saturated carbocycles. The number of hydrogen-bond donors (Lipinski definition) is 1. The fraction of sp³-hybridized carbons (Fsp3) is 0.278. The fourth-order valence-electron chi connectivity index (χ4n) is 2.49. The number of pyridine rings is 1. The predicted octanol–water partition coefficient (Wildman–Crippen LogP) is 1.81. The maximum Gasteiger partial charge on any atom is 0.272 e. The molecule has 1 aromatic carbocycles. The van der Waals surface area contributed by atoms with Gasteiger partial charge in [0.2, 0.25) is 0 Å². The Kier molecular flexibility index (Phi) is 5.25. The van der Waals surface area contributed by atoms with E-state index in [1.54, 1.807) is 42.3 Å². The van der Waals surface area contributed by atoms with Crippen molar-refractivity contribution < 1.29 is 19.1 Å². The summed E-state index contributed by atoms with van der Waals surface area (Å²) in [4.78, 5) is 30.6. The van der Waals surface area contributed by atoms with Crippen LogP contribution in [-0.2, 0) is 4.74 Å². The van der Waals surface area contributed by atoms with Crippen LogP contribution in [0.15, 0.2) is 42.6 Å². The van der Waals surface area contributed by atoms with E-state index in [1.807, 2.05) is 0 Å². The number of methoxy groups -OCH3 is 1. The second kappa shape index (κ2) is 7.76. The van der Waals surface area contributed by atoms with Gasteiger partial charge in [-0.15, -0.1) is 0 Å². The topological polar surface area (TPSA) is 80.8 Å². The van der Waals surface area contributed by atoms with Crippen molar-refractivity contribution in [1.82, 2.24) is 9.88 Å². The molecule has 0 bridgehead atoms. The molecule has 0 aliphatic carbocycles. The van der Waals surface area contributed by atoms with E-state index in [2.05, 4.69) is 10.3 Å². The Labute approximate surface area is 145 Å². The summed E-state index contributed by atoms with van der Waals surface area (Å²) < 4.78 is 10.3. The van der Waals surface area contributed by atoms with Crippen LogP contribution in [0.5, 0.6) is 5.75 Å². The second-order valence-corrected chi connectivity index (χ2v) is 5.52. The zero-order valence-corrected chi connectivity index (χ0v) is 13.9. The minimum atomic E-state index is -0.302. The lowest BCUT2D eigenvalue weighted by Crippen LogP contribution is -2.41. The van der Waals surface area contributed by atoms with Gasteiger partial charge in [0.25, 0.3) is 11.8 Å². The van der Waals surface area contributed by atoms with Crippen molar-refractivity contribution in [3.8, 4) is 5.75 Å². The molecule has 7 nitrogen and oxygen atoms in total. The Morgan fingerprint density at radius 2 is 1.88 bits per heavy atom. The summed E-state index contributed by atoms with van der Waals surface area (Å²) in [6, 6.07) is 10.1. The average Bonchev–Trinajstić information content (AvgIpc) is 2.68. The first-order valence-electron chi connectivity index (χ1n) is 7.96. The Bertz CT molecular complexity index is 755. The molecule has 0 unspecified atom stereocenters. The zero-order valence-electron chi connectivity index (χ0n) is 13.9. The molecule has 0 spiro atoms. The molecular weight excluding hydrogens is 322 g/mol. The first-order valence-corrected chi connectivity index (χ1v) is 7.96. The van der Waals surface area contributed by atoms with Crippen LogP contribution in [0, 0.1) is 0 Å². The number of benzene rings is 1. The van der Waals surface area contributed by atoms with E-state index < -0.39 is 0 Å². The van der Waals surface area contributed by atoms with Gasteiger partial charge in [-0.2, -0.15) is 0 Å². The Balaban J connectivity index is 1.71. The lowest BCUT2D eigenvalue weighted by molar-refractivity contribution is 0.0299. The van der Waals surface area contributed by atoms with Crippen LogP contribution < -0.4 is 10.1 Å². The number of hydrogen-bond acceptors (Lipinski definition) is 5. The maximum absolute atomic E-state index is 12.5. The number of amides is 2. The van der Waals surface area contributed by atoms with E-state index >= 15 is 0 Å². The number of anilines is 1. The van der Waals surface area contributed by atoms with Gasteiger partial charge >= 0.3 is 0 Å². The molecule has 0 atom stereocenters. The lowest BCUT2D eigenvalue weighted by Gasteiger charge is -2.26. The molecule has 2 aromatic rings. The molecule has 130 valence electrons. The Morgan fingerprint density at radius 3 is 2.56 bits per heavy atom. The van der Waals surface area contributed by atoms with Gasteiger partial charge in [0, 0.05) is 30.5 Å². The van der Waals surface area contributed by atoms with Crippen LogP contribution >= 0.6 is 0 Å². The second-order valence-electron chi connectivity index (χ2n) is 5.52. The van der Waals surface area contributed by atoms with Crippen molar-refractivity contribution in [2.24, 2.45) is 0 Å². The molecular formula is C18H19N3O4. The van der Waals surface area contributed by atoms with Crippen LogP contribution in [0.1, 0.15) is 20.8 Å². The van der Waals surface area contributed by atoms with Gasteiger partial charge in [0.1, 0.15) is 11.4 Å². The van der Waals surface area contributed by atoms with Gasteiger partial charge in [-0.3, -0.25) is 14.6 Å². The zero-order chi connectivity index (χ0) is 17.6. The van der Waals surface area contributed by atoms with Gasteiger partial charge in [-0.05, 0) is 36.4 Å². The van der Waals surface area contributed by atoms with Crippen LogP contribution in [0.2, 0.25) is 0 Å². The largest absolute Gasteiger partial charge is 0.497 e. The van der Waals surface area contributed by atoms with Crippen molar-refractivity contribution in [1.29, 1.82) is 0 Å². The third-order valence-corrected chi connectivity index (χ3v) is 3.89. The molecule has 25 heavy (non-hydrogen) atoms. The summed E-state index contributed by atoms with van der Waals surface area (Å²) in [6.45, 7) is 2.10. The molecule has 1 aliphatic rings. The Hall–Kier alpha value is -2.93. The number of carbonyl (C=O) groups is 2. The van der Waals surface area contributed by atoms with Crippen molar-refractivity contribution in [3.63, 3.8) is 0 Å². The fourth-order valence-corrected chi connectivity index (χ4v) is 2.49. The van der Waals surface area contributed by atoms with E-state index in [-0.39, 0.29) is 17.5 Å². The van der Waals surface area contributed by atoms with Crippen LogP contribution in [-0.4, -0.2) is 55.1 Å². The van der Waals surface area contributed by atoms with Crippen LogP contribution in [0.4, 0.5) is 5.69 Å². The molecule has 2 amide bonds. The SMILES string of the molecule is COc1ccc(NC(=O)c2ccnc(C(=O)N3CCOCC3)c2)cc1. The standard InChI is InChI=1S/C18H19N3O4/c1-24-15-4-2-14(3-5-15)20-17(22)13-6-7-19-16(12-13)18(23)21-8-10-25-11-9-21/h2-7,12H,8-11H2,1H3,(H,20,22). The molecule has 1 saturated heterocycles. The number of rotatable bonds is 4. The molecule has 0 radical (unpaired) electrons. The number of nitrogens with one attached hydrogen (secondary N) is 1. The van der Waals surface area contributed by atoms with Gasteiger partial charge in [-0.25, -0.2) is 0 Å². The van der Waals surface area contributed by atoms with Crippen molar-refractivity contribution in [3.05, 3.63) is 53.9 Å². The summed E-state index contributed by atoms with van der Waals surface area (Å²) in [7, 11) is 1.58. The Morgan fingerprint density at radius 1 is 1.16 bits per heavy atom. The van der Waals surface area contributed by atoms with E-state index in [1.165, 1.54) is 12.3 Å². The summed E-state index contributed by atoms with van der Waals surface area (Å²) in [6.07, 6.45) is 1.47. The highest BCUT2D eigenvalue weighted by molar-refractivity contribution is 6.05. The molecule has 1 N–H and O–H groups in total. The molecule has 3 rings (SSSR count). The van der Waals surface area contributed by atoms with Gasteiger partial charge in [0.05, 0.1) is 20.3 Å². The first kappa shape index (κ1) is 16.9. The highest BCUT2D eigenvalue weighted by atomic mass is 16.5. The van der Waals surface area contributed by atoms with Crippen molar-refractivity contribution in [2.75, 3.05) is 38.7 Å². The maximum atomic E-state index is 12.5. The average molecular weight is 341 g/mol. The molecule has 7 heteroatoms. The van der Waals surface area contributed by atoms with E-state index in [0.717, 1.165) is 0 Å². The third kappa shape index (κ3) is 4.13. The molecule has 2 heterocycles. The monoisotopic (exact) mass is 341 g/mol. The molecule has 1 aromatic heterocycles. The van der Waals surface area contributed by atoms with Crippen LogP contribution in [0.3, 0.4) is 0 Å². The third-order valence-electron chi connectivity index (χ3n) is 3.89. The van der Waals surface area contributed by atoms with Crippen molar-refractivity contribution >= 4 is 17.5 Å². The minimum Gasteiger partial charge on any atom is -0.497 e. The normalized spacial score (nSPS) is 14.0. The quantitative estimate of drug-likeness (QED) is 0.917. The van der Waals surface area contributed by atoms with Gasteiger partial charge in [0.15, 0.2) is 0 Å². The highest BCUT2D eigenvalue weighted by Gasteiger charge is 2.20. The first-order chi connectivity index (χ1) is 12.2.